The molecular weight excluding hydrogens is 297 g/mol. The first-order valence-corrected chi connectivity index (χ1v) is 6.77. The molecule has 104 valence electrons. The molecule has 0 fully saturated rings. The smallest absolute Gasteiger partial charge is 0.258 e. The van der Waals surface area contributed by atoms with Gasteiger partial charge in [0, 0.05) is 11.9 Å². The van der Waals surface area contributed by atoms with Crippen molar-refractivity contribution in [1.29, 1.82) is 0 Å². The van der Waals surface area contributed by atoms with E-state index in [1.165, 1.54) is 12.3 Å². The van der Waals surface area contributed by atoms with Crippen LogP contribution < -0.4 is 11.1 Å². The van der Waals surface area contributed by atoms with Gasteiger partial charge in [-0.3, -0.25) is 4.79 Å². The van der Waals surface area contributed by atoms with Crippen LogP contribution in [0.3, 0.4) is 0 Å². The lowest BCUT2D eigenvalue weighted by atomic mass is 10.1. The monoisotopic (exact) mass is 309 g/mol. The molecule has 1 amide bonds. The van der Waals surface area contributed by atoms with E-state index in [0.29, 0.717) is 12.2 Å². The highest BCUT2D eigenvalue weighted by atomic mass is 35.5. The molecule has 0 aliphatic rings. The average molecular weight is 310 g/mol. The molecule has 20 heavy (non-hydrogen) atoms. The summed E-state index contributed by atoms with van der Waals surface area (Å²) < 4.78 is 0. The van der Waals surface area contributed by atoms with E-state index >= 15 is 0 Å². The molecule has 1 aromatic carbocycles. The van der Waals surface area contributed by atoms with Gasteiger partial charge in [0.25, 0.3) is 5.91 Å². The minimum Gasteiger partial charge on any atom is -0.330 e. The Morgan fingerprint density at radius 2 is 1.95 bits per heavy atom. The van der Waals surface area contributed by atoms with Gasteiger partial charge in [-0.1, -0.05) is 35.3 Å². The van der Waals surface area contributed by atoms with E-state index in [1.807, 2.05) is 24.3 Å². The van der Waals surface area contributed by atoms with Crippen LogP contribution in [0, 0.1) is 0 Å². The van der Waals surface area contributed by atoms with Gasteiger partial charge in [-0.2, -0.15) is 0 Å². The summed E-state index contributed by atoms with van der Waals surface area (Å²) in [6, 6.07) is 8.91. The third-order valence-corrected chi connectivity index (χ3v) is 3.23. The van der Waals surface area contributed by atoms with E-state index in [-0.39, 0.29) is 21.6 Å². The number of rotatable bonds is 4. The summed E-state index contributed by atoms with van der Waals surface area (Å²) in [6.45, 7) is 0.595. The van der Waals surface area contributed by atoms with Crippen LogP contribution in [0.1, 0.15) is 15.9 Å². The summed E-state index contributed by atoms with van der Waals surface area (Å²) in [5, 5.41) is 3.26. The number of nitrogens with two attached hydrogens (primary N) is 1. The topological polar surface area (TPSA) is 68.0 Å². The molecule has 4 nitrogen and oxygen atoms in total. The standard InChI is InChI=1S/C14H13Cl2N3O/c15-12-7-13(16)18-8-11(12)14(20)19-10-3-1-9(2-4-10)5-6-17/h1-4,7-8H,5-6,17H2,(H,19,20). The lowest BCUT2D eigenvalue weighted by Gasteiger charge is -2.07. The molecule has 0 aliphatic carbocycles. The zero-order chi connectivity index (χ0) is 14.5. The third-order valence-electron chi connectivity index (χ3n) is 2.71. The lowest BCUT2D eigenvalue weighted by Crippen LogP contribution is -2.13. The molecule has 0 atom stereocenters. The number of anilines is 1. The van der Waals surface area contributed by atoms with Gasteiger partial charge < -0.3 is 11.1 Å². The number of benzene rings is 1. The fourth-order valence-electron chi connectivity index (χ4n) is 1.69. The van der Waals surface area contributed by atoms with Crippen LogP contribution in [0.5, 0.6) is 0 Å². The number of carbonyl (C=O) groups excluding carboxylic acids is 1. The van der Waals surface area contributed by atoms with Crippen molar-refractivity contribution in [2.45, 2.75) is 6.42 Å². The van der Waals surface area contributed by atoms with Gasteiger partial charge in [0.1, 0.15) is 5.15 Å². The Kier molecular flexibility index (Phi) is 4.95. The molecule has 1 aromatic heterocycles. The summed E-state index contributed by atoms with van der Waals surface area (Å²) in [4.78, 5) is 15.9. The predicted octanol–water partition coefficient (Wildman–Crippen LogP) is 3.14. The van der Waals surface area contributed by atoms with Crippen LogP contribution >= 0.6 is 23.2 Å². The molecular formula is C14H13Cl2N3O. The minimum atomic E-state index is -0.328. The van der Waals surface area contributed by atoms with Crippen molar-refractivity contribution in [3.63, 3.8) is 0 Å². The van der Waals surface area contributed by atoms with Crippen LogP contribution in [0.15, 0.2) is 36.5 Å². The van der Waals surface area contributed by atoms with Crippen molar-refractivity contribution < 1.29 is 4.79 Å². The fraction of sp³-hybridized carbons (Fsp3) is 0.143. The van der Waals surface area contributed by atoms with Gasteiger partial charge in [0.05, 0.1) is 10.6 Å². The van der Waals surface area contributed by atoms with Crippen molar-refractivity contribution >= 4 is 34.8 Å². The van der Waals surface area contributed by atoms with Crippen molar-refractivity contribution in [3.05, 3.63) is 57.8 Å². The summed E-state index contributed by atoms with van der Waals surface area (Å²) >= 11 is 11.6. The number of hydrogen-bond acceptors (Lipinski definition) is 3. The maximum absolute atomic E-state index is 12.1. The van der Waals surface area contributed by atoms with Crippen molar-refractivity contribution in [2.75, 3.05) is 11.9 Å². The first-order valence-electron chi connectivity index (χ1n) is 6.01. The zero-order valence-corrected chi connectivity index (χ0v) is 12.1. The predicted molar refractivity (Wildman–Crippen MR) is 81.4 cm³/mol. The Balaban J connectivity index is 2.11. The van der Waals surface area contributed by atoms with Crippen LogP contribution in [0.4, 0.5) is 5.69 Å². The van der Waals surface area contributed by atoms with Crippen LogP contribution in [0.2, 0.25) is 10.2 Å². The van der Waals surface area contributed by atoms with Crippen LogP contribution in [-0.4, -0.2) is 17.4 Å². The Hall–Kier alpha value is -1.62. The second kappa shape index (κ2) is 6.70. The van der Waals surface area contributed by atoms with E-state index in [1.54, 1.807) is 0 Å². The van der Waals surface area contributed by atoms with Crippen molar-refractivity contribution in [2.24, 2.45) is 5.73 Å². The molecule has 0 radical (unpaired) electrons. The van der Waals surface area contributed by atoms with Gasteiger partial charge >= 0.3 is 0 Å². The van der Waals surface area contributed by atoms with Gasteiger partial charge in [0.15, 0.2) is 0 Å². The molecule has 0 aliphatic heterocycles. The summed E-state index contributed by atoms with van der Waals surface area (Å²) in [5.74, 6) is -0.328. The molecule has 2 aromatic rings. The maximum Gasteiger partial charge on any atom is 0.258 e. The molecule has 0 saturated carbocycles. The quantitative estimate of drug-likeness (QED) is 0.853. The average Bonchev–Trinajstić information content (AvgIpc) is 2.41. The summed E-state index contributed by atoms with van der Waals surface area (Å²) in [7, 11) is 0. The molecule has 0 spiro atoms. The number of halogens is 2. The molecule has 2 rings (SSSR count). The van der Waals surface area contributed by atoms with E-state index < -0.39 is 0 Å². The molecule has 0 bridgehead atoms. The highest BCUT2D eigenvalue weighted by molar-refractivity contribution is 6.36. The van der Waals surface area contributed by atoms with E-state index in [9.17, 15) is 4.79 Å². The Labute approximate surface area is 126 Å². The minimum absolute atomic E-state index is 0.248. The first kappa shape index (κ1) is 14.8. The third kappa shape index (κ3) is 3.70. The van der Waals surface area contributed by atoms with Crippen molar-refractivity contribution in [3.8, 4) is 0 Å². The van der Waals surface area contributed by atoms with E-state index in [2.05, 4.69) is 10.3 Å². The van der Waals surface area contributed by atoms with Gasteiger partial charge in [0.2, 0.25) is 0 Å². The lowest BCUT2D eigenvalue weighted by molar-refractivity contribution is 0.102. The number of nitrogens with zero attached hydrogens (tertiary/aromatic N) is 1. The number of amides is 1. The van der Waals surface area contributed by atoms with Gasteiger partial charge in [-0.05, 0) is 36.7 Å². The van der Waals surface area contributed by atoms with E-state index in [0.717, 1.165) is 12.0 Å². The molecule has 3 N–H and O–H groups in total. The molecule has 1 heterocycles. The normalized spacial score (nSPS) is 10.3. The second-order valence-corrected chi connectivity index (χ2v) is 4.97. The van der Waals surface area contributed by atoms with Crippen LogP contribution in [-0.2, 0) is 6.42 Å². The number of pyridine rings is 1. The summed E-state index contributed by atoms with van der Waals surface area (Å²) in [5.41, 5.74) is 7.57. The number of hydrogen-bond donors (Lipinski definition) is 2. The Morgan fingerprint density at radius 1 is 1.25 bits per heavy atom. The zero-order valence-electron chi connectivity index (χ0n) is 10.6. The largest absolute Gasteiger partial charge is 0.330 e. The SMILES string of the molecule is NCCc1ccc(NC(=O)c2cnc(Cl)cc2Cl)cc1. The number of carbonyl (C=O) groups is 1. The van der Waals surface area contributed by atoms with Gasteiger partial charge in [-0.25, -0.2) is 4.98 Å². The molecule has 0 unspecified atom stereocenters. The highest BCUT2D eigenvalue weighted by Crippen LogP contribution is 2.20. The number of aromatic nitrogens is 1. The highest BCUT2D eigenvalue weighted by Gasteiger charge is 2.11. The maximum atomic E-state index is 12.1. The second-order valence-electron chi connectivity index (χ2n) is 4.18. The van der Waals surface area contributed by atoms with Crippen LogP contribution in [0.25, 0.3) is 0 Å². The Bertz CT molecular complexity index is 614. The first-order chi connectivity index (χ1) is 9.60. The fourth-order valence-corrected chi connectivity index (χ4v) is 2.15. The molecule has 6 heteroatoms. The summed E-state index contributed by atoms with van der Waals surface area (Å²) in [6.07, 6.45) is 2.16. The molecule has 0 saturated heterocycles. The Morgan fingerprint density at radius 3 is 2.55 bits per heavy atom. The van der Waals surface area contributed by atoms with Crippen molar-refractivity contribution in [1.82, 2.24) is 4.98 Å². The number of nitrogens with one attached hydrogen (secondary N) is 1. The van der Waals surface area contributed by atoms with Gasteiger partial charge in [-0.15, -0.1) is 0 Å². The van der Waals surface area contributed by atoms with E-state index in [4.69, 9.17) is 28.9 Å².